The molecule has 4 heteroatoms. The third-order valence-electron chi connectivity index (χ3n) is 1.50. The maximum atomic E-state index is 3.36. The van der Waals surface area contributed by atoms with Crippen molar-refractivity contribution in [1.29, 1.82) is 0 Å². The van der Waals surface area contributed by atoms with E-state index in [9.17, 15) is 0 Å². The maximum absolute atomic E-state index is 3.36. The molecule has 1 aliphatic rings. The molecule has 12 heavy (non-hydrogen) atoms. The predicted octanol–water partition coefficient (Wildman–Crippen LogP) is -3.44. The van der Waals surface area contributed by atoms with Crippen molar-refractivity contribution in [2.75, 3.05) is 0 Å². The Morgan fingerprint density at radius 1 is 1.25 bits per heavy atom. The van der Waals surface area contributed by atoms with Gasteiger partial charge in [0.2, 0.25) is 0 Å². The maximum Gasteiger partial charge on any atom is 4.00 e. The summed E-state index contributed by atoms with van der Waals surface area (Å²) in [5.74, 6) is 0. The van der Waals surface area contributed by atoms with Crippen LogP contribution in [0.5, 0.6) is 0 Å². The van der Waals surface area contributed by atoms with E-state index in [1.807, 2.05) is 0 Å². The smallest absolute Gasteiger partial charge is 1.00 e. The fourth-order valence-electron chi connectivity index (χ4n) is 0.920. The second kappa shape index (κ2) is 7.54. The van der Waals surface area contributed by atoms with E-state index in [0.717, 1.165) is 6.42 Å². The topological polar surface area (TPSA) is 0 Å². The summed E-state index contributed by atoms with van der Waals surface area (Å²) >= 11 is 0. The third-order valence-corrected chi connectivity index (χ3v) is 3.46. The quantitative estimate of drug-likeness (QED) is 0.325. The van der Waals surface area contributed by atoms with E-state index in [1.165, 1.54) is 5.20 Å². The van der Waals surface area contributed by atoms with E-state index in [2.05, 4.69) is 37.9 Å². The van der Waals surface area contributed by atoms with E-state index < -0.39 is 8.07 Å². The van der Waals surface area contributed by atoms with Gasteiger partial charge in [-0.05, 0) is 0 Å². The van der Waals surface area contributed by atoms with Crippen LogP contribution in [0.15, 0.2) is 17.3 Å². The van der Waals surface area contributed by atoms with E-state index in [0.29, 0.717) is 0 Å². The minimum Gasteiger partial charge on any atom is -1.00 e. The Bertz CT molecular complexity index is 170. The van der Waals surface area contributed by atoms with Gasteiger partial charge < -0.3 is 24.8 Å². The number of hydrogen-bond acceptors (Lipinski definition) is 0. The van der Waals surface area contributed by atoms with Crippen molar-refractivity contribution in [3.63, 3.8) is 0 Å². The van der Waals surface area contributed by atoms with Crippen molar-refractivity contribution in [2.24, 2.45) is 0 Å². The van der Waals surface area contributed by atoms with Crippen molar-refractivity contribution in [3.8, 4) is 0 Å². The summed E-state index contributed by atoms with van der Waals surface area (Å²) in [7, 11) is -1.01. The largest absolute Gasteiger partial charge is 4.00 e. The average molecular weight is 387 g/mol. The van der Waals surface area contributed by atoms with E-state index >= 15 is 0 Å². The van der Waals surface area contributed by atoms with Gasteiger partial charge in [0.05, 0.1) is 0 Å². The molecule has 0 radical (unpaired) electrons. The average Bonchev–Trinajstić information content (AvgIpc) is 2.08. The minimum absolute atomic E-state index is 0. The van der Waals surface area contributed by atoms with E-state index in [-0.39, 0.29) is 50.7 Å². The Balaban J connectivity index is -0.000000270. The van der Waals surface area contributed by atoms with Crippen LogP contribution >= 0.6 is 0 Å². The number of rotatable bonds is 1. The zero-order valence-corrected chi connectivity index (χ0v) is 13.7. The van der Waals surface area contributed by atoms with Crippen LogP contribution in [0.3, 0.4) is 0 Å². The fourth-order valence-corrected chi connectivity index (χ4v) is 2.17. The first-order valence-electron chi connectivity index (χ1n) is 3.38. The van der Waals surface area contributed by atoms with Gasteiger partial charge in [0.25, 0.3) is 0 Å². The number of halogens is 2. The molecule has 66 valence electrons. The molecule has 0 amide bonds. The van der Waals surface area contributed by atoms with Crippen LogP contribution in [0, 0.1) is 6.08 Å². The Hall–Kier alpha value is 1.15. The van der Waals surface area contributed by atoms with Gasteiger partial charge >= 0.3 is 25.8 Å². The Kier molecular flexibility index (Phi) is 11.8. The molecule has 0 aromatic heterocycles. The third kappa shape index (κ3) is 5.73. The van der Waals surface area contributed by atoms with E-state index in [1.54, 1.807) is 0 Å². The van der Waals surface area contributed by atoms with Crippen molar-refractivity contribution in [1.82, 2.24) is 0 Å². The number of allylic oxidation sites excluding steroid dienone is 4. The molecule has 0 nitrogen and oxygen atoms in total. The molecular formula is C8H13Cl2HfSi+. The molecule has 0 fully saturated rings. The van der Waals surface area contributed by atoms with Crippen LogP contribution in [0.2, 0.25) is 19.6 Å². The molecule has 0 spiro atoms. The molecule has 0 N–H and O–H groups in total. The summed E-state index contributed by atoms with van der Waals surface area (Å²) in [5.41, 5.74) is 0. The van der Waals surface area contributed by atoms with Crippen LogP contribution in [-0.2, 0) is 25.8 Å². The van der Waals surface area contributed by atoms with Crippen LogP contribution in [0.1, 0.15) is 6.42 Å². The summed E-state index contributed by atoms with van der Waals surface area (Å²) in [5, 5.41) is 1.49. The zero-order chi connectivity index (χ0) is 6.91. The molecule has 1 aliphatic carbocycles. The Labute approximate surface area is 108 Å². The molecule has 0 unspecified atom stereocenters. The van der Waals surface area contributed by atoms with E-state index in [4.69, 9.17) is 0 Å². The van der Waals surface area contributed by atoms with Gasteiger partial charge in [-0.2, -0.15) is 6.08 Å². The van der Waals surface area contributed by atoms with Crippen LogP contribution in [0.4, 0.5) is 0 Å². The normalized spacial score (nSPS) is 13.8. The predicted molar refractivity (Wildman–Crippen MR) is 43.9 cm³/mol. The Morgan fingerprint density at radius 3 is 1.92 bits per heavy atom. The first-order chi connectivity index (χ1) is 4.11. The molecule has 0 aromatic rings. The molecule has 0 saturated heterocycles. The summed E-state index contributed by atoms with van der Waals surface area (Å²) in [6, 6.07) is 0. The van der Waals surface area contributed by atoms with Crippen LogP contribution in [-0.4, -0.2) is 8.07 Å². The van der Waals surface area contributed by atoms with Crippen LogP contribution in [0.25, 0.3) is 0 Å². The number of hydrogen-bond donors (Lipinski definition) is 0. The minimum atomic E-state index is -1.01. The van der Waals surface area contributed by atoms with Crippen molar-refractivity contribution in [3.05, 3.63) is 23.4 Å². The van der Waals surface area contributed by atoms with Gasteiger partial charge in [-0.25, -0.2) is 11.3 Å². The fraction of sp³-hybridized carbons (Fsp3) is 0.500. The molecule has 0 heterocycles. The second-order valence-corrected chi connectivity index (χ2v) is 8.49. The standard InChI is InChI=1S/C8H13Si.2ClH.Hf/c1-9(2,3)8-6-4-5-7-8;;;/h4,6H,5H2,1-3H3;2*1H;/q-1;;;+4/p-2. The molecule has 1 rings (SSSR count). The summed E-state index contributed by atoms with van der Waals surface area (Å²) in [6.07, 6.45) is 8.82. The summed E-state index contributed by atoms with van der Waals surface area (Å²) in [4.78, 5) is 0. The SMILES string of the molecule is C[Si](C)(C)C1=[C-]CC=C1.[Cl-].[Cl-].[Hf+4]. The van der Waals surface area contributed by atoms with Crippen molar-refractivity contribution in [2.45, 2.75) is 26.1 Å². The van der Waals surface area contributed by atoms with Gasteiger partial charge in [-0.3, -0.25) is 6.08 Å². The molecule has 0 atom stereocenters. The van der Waals surface area contributed by atoms with Crippen molar-refractivity contribution >= 4 is 8.07 Å². The van der Waals surface area contributed by atoms with Gasteiger partial charge in [-0.15, -0.1) is 6.42 Å². The molecular weight excluding hydrogens is 374 g/mol. The molecule has 0 aromatic carbocycles. The second-order valence-electron chi connectivity index (χ2n) is 3.45. The van der Waals surface area contributed by atoms with Crippen LogP contribution < -0.4 is 24.8 Å². The zero-order valence-electron chi connectivity index (χ0n) is 7.62. The Morgan fingerprint density at radius 2 is 1.75 bits per heavy atom. The van der Waals surface area contributed by atoms with Crippen molar-refractivity contribution < 1.29 is 50.7 Å². The van der Waals surface area contributed by atoms with Gasteiger partial charge in [0.1, 0.15) is 0 Å². The molecule has 0 saturated carbocycles. The first-order valence-corrected chi connectivity index (χ1v) is 6.88. The summed E-state index contributed by atoms with van der Waals surface area (Å²) in [6.45, 7) is 7.06. The van der Waals surface area contributed by atoms with Gasteiger partial charge in [0.15, 0.2) is 0 Å². The summed E-state index contributed by atoms with van der Waals surface area (Å²) < 4.78 is 0. The first kappa shape index (κ1) is 18.8. The van der Waals surface area contributed by atoms with Gasteiger partial charge in [-0.1, -0.05) is 19.6 Å². The molecule has 0 bridgehead atoms. The van der Waals surface area contributed by atoms with Gasteiger partial charge in [0, 0.05) is 8.07 Å². The molecule has 0 aliphatic heterocycles. The monoisotopic (exact) mass is 387 g/mol.